The number of thiocarbonyl (C=S) groups is 1. The van der Waals surface area contributed by atoms with Gasteiger partial charge in [0.2, 0.25) is 0 Å². The summed E-state index contributed by atoms with van der Waals surface area (Å²) in [6.45, 7) is 3.80. The Morgan fingerprint density at radius 3 is 2.50 bits per heavy atom. The summed E-state index contributed by atoms with van der Waals surface area (Å²) in [5, 5.41) is 2.41. The quantitative estimate of drug-likeness (QED) is 0.268. The summed E-state index contributed by atoms with van der Waals surface area (Å²) in [5.41, 5.74) is 2.36. The minimum absolute atomic E-state index is 0.733. The monoisotopic (exact) mass is 285 g/mol. The number of nitrogens with zero attached hydrogens (tertiary/aromatic N) is 1. The lowest BCUT2D eigenvalue weighted by Gasteiger charge is -2.28. The van der Waals surface area contributed by atoms with Crippen LogP contribution in [-0.2, 0) is 0 Å². The fourth-order valence-electron chi connectivity index (χ4n) is 3.21. The van der Waals surface area contributed by atoms with Gasteiger partial charge in [0.05, 0.1) is 10.8 Å². The van der Waals surface area contributed by atoms with Crippen molar-refractivity contribution in [3.05, 3.63) is 42.5 Å². The van der Waals surface area contributed by atoms with Gasteiger partial charge in [-0.1, -0.05) is 24.6 Å². The zero-order valence-corrected chi connectivity index (χ0v) is 12.9. The Morgan fingerprint density at radius 2 is 1.90 bits per heavy atom. The molecule has 1 aliphatic rings. The van der Waals surface area contributed by atoms with Crippen molar-refractivity contribution in [2.75, 3.05) is 0 Å². The molecular weight excluding hydrogens is 262 g/mol. The van der Waals surface area contributed by atoms with Crippen LogP contribution >= 0.6 is 12.2 Å². The first-order chi connectivity index (χ1) is 9.83. The van der Waals surface area contributed by atoms with Crippen LogP contribution < -0.4 is 0 Å². The van der Waals surface area contributed by atoms with Crippen molar-refractivity contribution < 1.29 is 0 Å². The average molecular weight is 285 g/mol. The fraction of sp³-hybridized carbons (Fsp3) is 0.500. The Kier molecular flexibility index (Phi) is 6.17. The number of hydrogen-bond acceptors (Lipinski definition) is 2. The number of allylic oxidation sites excluding steroid dienone is 1. The van der Waals surface area contributed by atoms with Crippen LogP contribution in [0.1, 0.15) is 56.4 Å². The van der Waals surface area contributed by atoms with Crippen molar-refractivity contribution in [2.24, 2.45) is 10.9 Å². The van der Waals surface area contributed by atoms with Gasteiger partial charge < -0.3 is 0 Å². The van der Waals surface area contributed by atoms with Gasteiger partial charge in [0.25, 0.3) is 0 Å². The molecule has 0 unspecified atom stereocenters. The van der Waals surface area contributed by atoms with Crippen LogP contribution in [0, 0.1) is 5.92 Å². The lowest BCUT2D eigenvalue weighted by Crippen LogP contribution is -2.13. The summed E-state index contributed by atoms with van der Waals surface area (Å²) < 4.78 is 0. The van der Waals surface area contributed by atoms with Gasteiger partial charge in [-0.05, 0) is 80.3 Å². The lowest BCUT2D eigenvalue weighted by molar-refractivity contribution is 0.306. The van der Waals surface area contributed by atoms with Gasteiger partial charge in [0.15, 0.2) is 0 Å². The van der Waals surface area contributed by atoms with E-state index in [2.05, 4.69) is 41.1 Å². The minimum atomic E-state index is 0.733. The van der Waals surface area contributed by atoms with Crippen molar-refractivity contribution in [2.45, 2.75) is 50.9 Å². The second-order valence-electron chi connectivity index (χ2n) is 5.73. The highest BCUT2D eigenvalue weighted by Crippen LogP contribution is 2.38. The number of isothiocyanates is 1. The van der Waals surface area contributed by atoms with E-state index in [9.17, 15) is 0 Å². The molecule has 0 heterocycles. The standard InChI is InChI=1S/C18H23NS/c1-2-3-4-5-15-6-8-16(9-7-15)17-10-12-18(13-11-17)19-14-20/h2,10-13,15-16H,1,3-9H2/t15-,16-. The SMILES string of the molecule is C=CCCC[C@H]1CC[C@H](c2ccc(N=C=S)cc2)CC1. The van der Waals surface area contributed by atoms with Crippen LogP contribution in [0.2, 0.25) is 0 Å². The van der Waals surface area contributed by atoms with E-state index in [4.69, 9.17) is 0 Å². The van der Waals surface area contributed by atoms with E-state index >= 15 is 0 Å². The highest BCUT2D eigenvalue weighted by Gasteiger charge is 2.21. The van der Waals surface area contributed by atoms with Crippen LogP contribution in [0.25, 0.3) is 0 Å². The first kappa shape index (κ1) is 15.2. The zero-order valence-electron chi connectivity index (χ0n) is 12.1. The smallest absolute Gasteiger partial charge is 0.0739 e. The van der Waals surface area contributed by atoms with Crippen LogP contribution in [0.15, 0.2) is 41.9 Å². The Balaban J connectivity index is 1.83. The Hall–Kier alpha value is -1.24. The van der Waals surface area contributed by atoms with Gasteiger partial charge in [0.1, 0.15) is 0 Å². The molecule has 0 bridgehead atoms. The van der Waals surface area contributed by atoms with Crippen LogP contribution in [0.3, 0.4) is 0 Å². The predicted octanol–water partition coefficient (Wildman–Crippen LogP) is 6.05. The third-order valence-electron chi connectivity index (χ3n) is 4.41. The van der Waals surface area contributed by atoms with E-state index in [1.807, 2.05) is 18.2 Å². The van der Waals surface area contributed by atoms with Gasteiger partial charge in [-0.2, -0.15) is 4.99 Å². The van der Waals surface area contributed by atoms with Gasteiger partial charge in [-0.25, -0.2) is 0 Å². The van der Waals surface area contributed by atoms with Crippen molar-refractivity contribution in [1.29, 1.82) is 0 Å². The van der Waals surface area contributed by atoms with Crippen LogP contribution in [-0.4, -0.2) is 5.16 Å². The summed E-state index contributed by atoms with van der Waals surface area (Å²) in [6.07, 6.45) is 11.3. The molecule has 0 saturated heterocycles. The molecule has 0 spiro atoms. The minimum Gasteiger partial charge on any atom is -0.195 e. The number of rotatable bonds is 6. The Labute approximate surface area is 127 Å². The molecule has 1 saturated carbocycles. The normalized spacial score (nSPS) is 22.0. The first-order valence-corrected chi connectivity index (χ1v) is 8.03. The number of aliphatic imine (C=N–C) groups is 1. The third-order valence-corrected chi connectivity index (χ3v) is 4.50. The summed E-state index contributed by atoms with van der Waals surface area (Å²) in [6, 6.07) is 8.50. The molecular formula is C18H23NS. The van der Waals surface area contributed by atoms with Gasteiger partial charge in [-0.15, -0.1) is 6.58 Å². The van der Waals surface area contributed by atoms with E-state index in [0.29, 0.717) is 0 Å². The number of hydrogen-bond donors (Lipinski definition) is 0. The van der Waals surface area contributed by atoms with Crippen LogP contribution in [0.4, 0.5) is 5.69 Å². The molecule has 1 aromatic carbocycles. The van der Waals surface area contributed by atoms with Crippen molar-refractivity contribution in [3.63, 3.8) is 0 Å². The number of unbranched alkanes of at least 4 members (excludes halogenated alkanes) is 1. The maximum absolute atomic E-state index is 4.63. The molecule has 0 radical (unpaired) electrons. The Bertz CT molecular complexity index is 463. The van der Waals surface area contributed by atoms with E-state index < -0.39 is 0 Å². The van der Waals surface area contributed by atoms with Crippen molar-refractivity contribution in [3.8, 4) is 0 Å². The van der Waals surface area contributed by atoms with Crippen molar-refractivity contribution >= 4 is 23.1 Å². The van der Waals surface area contributed by atoms with E-state index in [0.717, 1.165) is 17.5 Å². The highest BCUT2D eigenvalue weighted by molar-refractivity contribution is 7.78. The summed E-state index contributed by atoms with van der Waals surface area (Å²) >= 11 is 4.63. The Morgan fingerprint density at radius 1 is 1.20 bits per heavy atom. The summed E-state index contributed by atoms with van der Waals surface area (Å²) in [4.78, 5) is 4.00. The zero-order chi connectivity index (χ0) is 14.2. The molecule has 1 fully saturated rings. The molecule has 0 N–H and O–H groups in total. The molecule has 2 rings (SSSR count). The van der Waals surface area contributed by atoms with Gasteiger partial charge in [-0.3, -0.25) is 0 Å². The second kappa shape index (κ2) is 8.14. The molecule has 0 aliphatic heterocycles. The fourth-order valence-corrected chi connectivity index (χ4v) is 3.31. The third kappa shape index (κ3) is 4.40. The topological polar surface area (TPSA) is 12.4 Å². The molecule has 1 aliphatic carbocycles. The molecule has 0 aromatic heterocycles. The van der Waals surface area contributed by atoms with Gasteiger partial charge in [0, 0.05) is 0 Å². The predicted molar refractivity (Wildman–Crippen MR) is 89.9 cm³/mol. The van der Waals surface area contributed by atoms with E-state index in [1.54, 1.807) is 0 Å². The molecule has 1 aromatic rings. The molecule has 1 nitrogen and oxygen atoms in total. The molecule has 0 amide bonds. The summed E-state index contributed by atoms with van der Waals surface area (Å²) in [7, 11) is 0. The van der Waals surface area contributed by atoms with Gasteiger partial charge >= 0.3 is 0 Å². The molecule has 106 valence electrons. The average Bonchev–Trinajstić information content (AvgIpc) is 2.49. The van der Waals surface area contributed by atoms with E-state index in [-0.39, 0.29) is 0 Å². The molecule has 0 atom stereocenters. The maximum atomic E-state index is 4.63. The maximum Gasteiger partial charge on any atom is 0.0739 e. The highest BCUT2D eigenvalue weighted by atomic mass is 32.1. The largest absolute Gasteiger partial charge is 0.195 e. The summed E-state index contributed by atoms with van der Waals surface area (Å²) in [5.74, 6) is 1.67. The van der Waals surface area contributed by atoms with Crippen molar-refractivity contribution in [1.82, 2.24) is 0 Å². The van der Waals surface area contributed by atoms with Crippen LogP contribution in [0.5, 0.6) is 0 Å². The van der Waals surface area contributed by atoms with E-state index in [1.165, 1.54) is 50.5 Å². The second-order valence-corrected chi connectivity index (χ2v) is 5.91. The molecule has 2 heteroatoms. The number of benzene rings is 1. The molecule has 20 heavy (non-hydrogen) atoms. The lowest BCUT2D eigenvalue weighted by atomic mass is 9.77. The first-order valence-electron chi connectivity index (χ1n) is 7.62.